The van der Waals surface area contributed by atoms with E-state index in [1.165, 1.54) is 11.6 Å². The summed E-state index contributed by atoms with van der Waals surface area (Å²) in [4.78, 5) is 26.5. The van der Waals surface area contributed by atoms with Crippen molar-refractivity contribution in [1.29, 1.82) is 0 Å². The summed E-state index contributed by atoms with van der Waals surface area (Å²) in [6.07, 6.45) is 3.46. The zero-order chi connectivity index (χ0) is 21.0. The van der Waals surface area contributed by atoms with Gasteiger partial charge in [0.2, 0.25) is 11.8 Å². The lowest BCUT2D eigenvalue weighted by atomic mass is 10.1. The molecule has 0 bridgehead atoms. The Morgan fingerprint density at radius 1 is 1.07 bits per heavy atom. The van der Waals surface area contributed by atoms with E-state index in [0.717, 1.165) is 16.8 Å². The zero-order valence-corrected chi connectivity index (χ0v) is 17.2. The highest BCUT2D eigenvalue weighted by Gasteiger charge is 2.31. The number of ether oxygens (including phenoxy) is 2. The van der Waals surface area contributed by atoms with Crippen LogP contribution in [-0.4, -0.2) is 38.6 Å². The maximum atomic E-state index is 12.4. The summed E-state index contributed by atoms with van der Waals surface area (Å²) in [6, 6.07) is 11.2. The standard InChI is InChI=1S/C23H26N2O4/c1-15-5-8-19(11-16(15)2)25-14-18(13-23(25)27)24-22(26)10-7-17-6-9-20(28-3)21(12-17)29-4/h5-12,18H,13-14H2,1-4H3,(H,24,26)/b10-7-/t18-/m0/s1. The van der Waals surface area contributed by atoms with E-state index in [0.29, 0.717) is 24.5 Å². The zero-order valence-electron chi connectivity index (χ0n) is 17.2. The van der Waals surface area contributed by atoms with Gasteiger partial charge in [0.1, 0.15) is 0 Å². The molecule has 1 saturated heterocycles. The Bertz CT molecular complexity index is 952. The lowest BCUT2D eigenvalue weighted by Gasteiger charge is -2.18. The Labute approximate surface area is 171 Å². The van der Waals surface area contributed by atoms with Crippen molar-refractivity contribution in [1.82, 2.24) is 5.32 Å². The van der Waals surface area contributed by atoms with Gasteiger partial charge >= 0.3 is 0 Å². The molecule has 6 heteroatoms. The molecule has 1 heterocycles. The van der Waals surface area contributed by atoms with Crippen LogP contribution in [0.25, 0.3) is 6.08 Å². The minimum atomic E-state index is -0.237. The van der Waals surface area contributed by atoms with Crippen LogP contribution in [0.15, 0.2) is 42.5 Å². The third-order valence-corrected chi connectivity index (χ3v) is 5.11. The Morgan fingerprint density at radius 3 is 2.52 bits per heavy atom. The number of amides is 2. The van der Waals surface area contributed by atoms with E-state index in [9.17, 15) is 9.59 Å². The first-order chi connectivity index (χ1) is 13.9. The van der Waals surface area contributed by atoms with E-state index in [1.54, 1.807) is 37.3 Å². The van der Waals surface area contributed by atoms with Gasteiger partial charge in [-0.15, -0.1) is 0 Å². The Hall–Kier alpha value is -3.28. The van der Waals surface area contributed by atoms with Crippen molar-refractivity contribution in [3.05, 3.63) is 59.2 Å². The molecule has 1 atom stereocenters. The predicted octanol–water partition coefficient (Wildman–Crippen LogP) is 3.26. The van der Waals surface area contributed by atoms with Crippen molar-refractivity contribution in [2.45, 2.75) is 26.3 Å². The number of nitrogens with zero attached hydrogens (tertiary/aromatic N) is 1. The molecule has 2 amide bonds. The maximum absolute atomic E-state index is 12.4. The van der Waals surface area contributed by atoms with Gasteiger partial charge in [0.05, 0.1) is 20.3 Å². The maximum Gasteiger partial charge on any atom is 0.244 e. The second kappa shape index (κ2) is 8.82. The molecule has 2 aromatic rings. The molecule has 152 valence electrons. The van der Waals surface area contributed by atoms with Gasteiger partial charge in [0.25, 0.3) is 0 Å². The highest BCUT2D eigenvalue weighted by atomic mass is 16.5. The first kappa shape index (κ1) is 20.5. The molecule has 1 aliphatic rings. The fourth-order valence-electron chi connectivity index (χ4n) is 3.32. The molecular weight excluding hydrogens is 368 g/mol. The van der Waals surface area contributed by atoms with Crippen molar-refractivity contribution >= 4 is 23.6 Å². The summed E-state index contributed by atoms with van der Waals surface area (Å²) in [6.45, 7) is 4.54. The molecule has 1 aliphatic heterocycles. The number of benzene rings is 2. The molecule has 0 unspecified atom stereocenters. The molecule has 3 rings (SSSR count). The molecule has 29 heavy (non-hydrogen) atoms. The van der Waals surface area contributed by atoms with Gasteiger partial charge in [-0.05, 0) is 60.9 Å². The average molecular weight is 394 g/mol. The van der Waals surface area contributed by atoms with Crippen LogP contribution in [0.1, 0.15) is 23.1 Å². The van der Waals surface area contributed by atoms with Crippen LogP contribution in [-0.2, 0) is 9.59 Å². The molecule has 6 nitrogen and oxygen atoms in total. The Kier molecular flexibility index (Phi) is 6.22. The number of aryl methyl sites for hydroxylation is 2. The fraction of sp³-hybridized carbons (Fsp3) is 0.304. The van der Waals surface area contributed by atoms with Gasteiger partial charge in [0.15, 0.2) is 11.5 Å². The van der Waals surface area contributed by atoms with Crippen molar-refractivity contribution in [3.63, 3.8) is 0 Å². The van der Waals surface area contributed by atoms with Crippen LogP contribution in [0.3, 0.4) is 0 Å². The largest absolute Gasteiger partial charge is 0.493 e. The van der Waals surface area contributed by atoms with E-state index in [2.05, 4.69) is 5.32 Å². The van der Waals surface area contributed by atoms with Crippen LogP contribution < -0.4 is 19.7 Å². The number of carbonyl (C=O) groups excluding carboxylic acids is 2. The molecule has 1 fully saturated rings. The van der Waals surface area contributed by atoms with E-state index in [4.69, 9.17) is 9.47 Å². The molecule has 0 spiro atoms. The fourth-order valence-corrected chi connectivity index (χ4v) is 3.32. The summed E-state index contributed by atoms with van der Waals surface area (Å²) >= 11 is 0. The topological polar surface area (TPSA) is 67.9 Å². The summed E-state index contributed by atoms with van der Waals surface area (Å²) < 4.78 is 10.5. The number of hydrogen-bond donors (Lipinski definition) is 1. The van der Waals surface area contributed by atoms with Crippen molar-refractivity contribution in [2.24, 2.45) is 0 Å². The summed E-state index contributed by atoms with van der Waals surface area (Å²) in [5.41, 5.74) is 4.01. The van der Waals surface area contributed by atoms with Crippen LogP contribution in [0.2, 0.25) is 0 Å². The average Bonchev–Trinajstić information content (AvgIpc) is 3.08. The second-order valence-corrected chi connectivity index (χ2v) is 7.13. The lowest BCUT2D eigenvalue weighted by Crippen LogP contribution is -2.36. The van der Waals surface area contributed by atoms with E-state index < -0.39 is 0 Å². The van der Waals surface area contributed by atoms with Crippen LogP contribution in [0.4, 0.5) is 5.69 Å². The lowest BCUT2D eigenvalue weighted by molar-refractivity contribution is -0.117. The number of rotatable bonds is 6. The number of hydrogen-bond acceptors (Lipinski definition) is 4. The van der Waals surface area contributed by atoms with Gasteiger partial charge in [-0.1, -0.05) is 12.1 Å². The van der Waals surface area contributed by atoms with Gasteiger partial charge in [-0.3, -0.25) is 9.59 Å². The second-order valence-electron chi connectivity index (χ2n) is 7.13. The normalized spacial score (nSPS) is 16.3. The number of nitrogens with one attached hydrogen (secondary N) is 1. The first-order valence-electron chi connectivity index (χ1n) is 9.49. The summed E-state index contributed by atoms with van der Waals surface area (Å²) in [5, 5.41) is 2.91. The number of anilines is 1. The van der Waals surface area contributed by atoms with Gasteiger partial charge < -0.3 is 19.7 Å². The Balaban J connectivity index is 1.62. The summed E-state index contributed by atoms with van der Waals surface area (Å²) in [7, 11) is 3.14. The minimum Gasteiger partial charge on any atom is -0.493 e. The SMILES string of the molecule is COc1ccc(/C=C\C(=O)N[C@H]2CC(=O)N(c3ccc(C)c(C)c3)C2)cc1OC. The van der Waals surface area contributed by atoms with Crippen molar-refractivity contribution in [2.75, 3.05) is 25.7 Å². The first-order valence-corrected chi connectivity index (χ1v) is 9.49. The van der Waals surface area contributed by atoms with Gasteiger partial charge in [-0.2, -0.15) is 0 Å². The third kappa shape index (κ3) is 4.77. The summed E-state index contributed by atoms with van der Waals surface area (Å²) in [5.74, 6) is 1.01. The van der Waals surface area contributed by atoms with Crippen molar-refractivity contribution in [3.8, 4) is 11.5 Å². The van der Waals surface area contributed by atoms with Gasteiger partial charge in [-0.25, -0.2) is 0 Å². The molecular formula is C23H26N2O4. The minimum absolute atomic E-state index is 0.0161. The number of methoxy groups -OCH3 is 2. The number of carbonyl (C=O) groups is 2. The molecule has 0 radical (unpaired) electrons. The van der Waals surface area contributed by atoms with Crippen LogP contribution in [0.5, 0.6) is 11.5 Å². The van der Waals surface area contributed by atoms with Gasteiger partial charge in [0, 0.05) is 24.7 Å². The third-order valence-electron chi connectivity index (χ3n) is 5.11. The Morgan fingerprint density at radius 2 is 1.83 bits per heavy atom. The van der Waals surface area contributed by atoms with E-state index >= 15 is 0 Å². The highest BCUT2D eigenvalue weighted by molar-refractivity contribution is 5.98. The smallest absolute Gasteiger partial charge is 0.244 e. The van der Waals surface area contributed by atoms with Crippen LogP contribution in [0, 0.1) is 13.8 Å². The van der Waals surface area contributed by atoms with E-state index in [1.807, 2.05) is 38.1 Å². The van der Waals surface area contributed by atoms with E-state index in [-0.39, 0.29) is 17.9 Å². The quantitative estimate of drug-likeness (QED) is 0.764. The highest BCUT2D eigenvalue weighted by Crippen LogP contribution is 2.28. The monoisotopic (exact) mass is 394 g/mol. The predicted molar refractivity (Wildman–Crippen MR) is 113 cm³/mol. The van der Waals surface area contributed by atoms with Crippen molar-refractivity contribution < 1.29 is 19.1 Å². The molecule has 1 N–H and O–H groups in total. The molecule has 0 aliphatic carbocycles. The molecule has 2 aromatic carbocycles. The van der Waals surface area contributed by atoms with Crippen LogP contribution >= 0.6 is 0 Å². The molecule has 0 saturated carbocycles. The molecule has 0 aromatic heterocycles.